The van der Waals surface area contributed by atoms with Crippen molar-refractivity contribution in [2.45, 2.75) is 103 Å². The van der Waals surface area contributed by atoms with E-state index in [2.05, 4.69) is 48.9 Å². The number of aryl methyl sites for hydroxylation is 1. The third kappa shape index (κ3) is 9.32. The number of nitrogen functional groups attached to an aromatic ring is 1. The van der Waals surface area contributed by atoms with E-state index < -0.39 is 0 Å². The summed E-state index contributed by atoms with van der Waals surface area (Å²) in [7, 11) is 1.53. The zero-order chi connectivity index (χ0) is 34.8. The molecule has 0 saturated heterocycles. The molecule has 0 amide bonds. The average molecular weight is 663 g/mol. The van der Waals surface area contributed by atoms with E-state index in [1.165, 1.54) is 7.11 Å². The number of nitrogens with zero attached hydrogens (tertiary/aromatic N) is 1. The van der Waals surface area contributed by atoms with Crippen molar-refractivity contribution in [3.05, 3.63) is 83.0 Å². The SMILES string of the molecule is CCCCC[C@@H]1[C@@H](CCCC)C[C@@H](Cc2ccnc(N)c2)C[C@H]2C#C[C@@H](c3ccccc3)c3cc(O)c(OC)cc3CCC(=O)CC(=O)[C@@H]12. The van der Waals surface area contributed by atoms with Crippen LogP contribution in [0.5, 0.6) is 11.5 Å². The molecular weight excluding hydrogens is 608 g/mol. The molecule has 1 saturated carbocycles. The van der Waals surface area contributed by atoms with Crippen molar-refractivity contribution in [3.63, 3.8) is 0 Å². The molecule has 6 nitrogen and oxygen atoms in total. The van der Waals surface area contributed by atoms with Gasteiger partial charge >= 0.3 is 0 Å². The van der Waals surface area contributed by atoms with Crippen LogP contribution in [-0.2, 0) is 22.4 Å². The average Bonchev–Trinajstić information content (AvgIpc) is 3.23. The highest BCUT2D eigenvalue weighted by Gasteiger charge is 2.43. The third-order valence-electron chi connectivity index (χ3n) is 10.9. The molecule has 0 unspecified atom stereocenters. The second kappa shape index (κ2) is 17.5. The first-order chi connectivity index (χ1) is 23.8. The zero-order valence-electron chi connectivity index (χ0n) is 29.6. The predicted molar refractivity (Wildman–Crippen MR) is 196 cm³/mol. The Labute approximate surface area is 293 Å². The summed E-state index contributed by atoms with van der Waals surface area (Å²) in [5.74, 6) is 8.51. The number of phenols is 1. The molecule has 1 aromatic heterocycles. The fraction of sp³-hybridized carbons (Fsp3) is 0.512. The maximum Gasteiger partial charge on any atom is 0.160 e. The number of methoxy groups -OCH3 is 1. The fourth-order valence-electron chi connectivity index (χ4n) is 8.50. The molecule has 49 heavy (non-hydrogen) atoms. The van der Waals surface area contributed by atoms with Crippen molar-refractivity contribution in [2.24, 2.45) is 29.6 Å². The van der Waals surface area contributed by atoms with E-state index in [1.807, 2.05) is 30.3 Å². The molecule has 1 heterocycles. The number of ketones is 2. The van der Waals surface area contributed by atoms with Gasteiger partial charge in [0.05, 0.1) is 19.4 Å². The molecule has 3 N–H and O–H groups in total. The molecule has 2 aromatic carbocycles. The van der Waals surface area contributed by atoms with Crippen molar-refractivity contribution >= 4 is 17.4 Å². The normalized spacial score (nSPS) is 24.3. The van der Waals surface area contributed by atoms with Gasteiger partial charge in [-0.15, -0.1) is 0 Å². The van der Waals surface area contributed by atoms with Gasteiger partial charge in [-0.2, -0.15) is 0 Å². The number of unbranched alkanes of at least 4 members (excludes halogenated alkanes) is 3. The monoisotopic (exact) mass is 662 g/mol. The first kappa shape index (κ1) is 36.2. The summed E-state index contributed by atoms with van der Waals surface area (Å²) in [6, 6.07) is 17.8. The molecule has 0 bridgehead atoms. The van der Waals surface area contributed by atoms with Crippen LogP contribution in [0.15, 0.2) is 60.8 Å². The number of carbonyl (C=O) groups excluding carboxylic acids is 2. The van der Waals surface area contributed by atoms with Crippen LogP contribution in [0.1, 0.15) is 113 Å². The van der Waals surface area contributed by atoms with E-state index in [1.54, 1.807) is 12.3 Å². The lowest BCUT2D eigenvalue weighted by atomic mass is 9.69. The number of hydrogen-bond donors (Lipinski definition) is 2. The molecule has 2 aliphatic carbocycles. The summed E-state index contributed by atoms with van der Waals surface area (Å²) < 4.78 is 5.47. The van der Waals surface area contributed by atoms with Gasteiger partial charge in [-0.1, -0.05) is 94.5 Å². The van der Waals surface area contributed by atoms with E-state index in [9.17, 15) is 14.7 Å². The Bertz CT molecular complexity index is 1620. The highest BCUT2D eigenvalue weighted by molar-refractivity contribution is 6.00. The highest BCUT2D eigenvalue weighted by Crippen LogP contribution is 2.46. The van der Waals surface area contributed by atoms with Gasteiger partial charge in [0.2, 0.25) is 0 Å². The molecule has 5 rings (SSSR count). The number of fused-ring (bicyclic) bond motifs is 2. The van der Waals surface area contributed by atoms with Crippen LogP contribution in [0.3, 0.4) is 0 Å². The van der Waals surface area contributed by atoms with Crippen molar-refractivity contribution < 1.29 is 19.4 Å². The number of ether oxygens (including phenoxy) is 1. The second-order valence-electron chi connectivity index (χ2n) is 14.4. The Morgan fingerprint density at radius 1 is 0.939 bits per heavy atom. The number of hydrogen-bond acceptors (Lipinski definition) is 6. The fourth-order valence-corrected chi connectivity index (χ4v) is 8.50. The van der Waals surface area contributed by atoms with Crippen LogP contribution in [0, 0.1) is 41.4 Å². The Morgan fingerprint density at radius 3 is 2.47 bits per heavy atom. The predicted octanol–water partition coefficient (Wildman–Crippen LogP) is 8.88. The van der Waals surface area contributed by atoms with Gasteiger partial charge in [-0.05, 0) is 96.4 Å². The Kier molecular flexibility index (Phi) is 12.9. The molecule has 1 fully saturated rings. The van der Waals surface area contributed by atoms with Crippen LogP contribution >= 0.6 is 0 Å². The van der Waals surface area contributed by atoms with Crippen molar-refractivity contribution in [1.29, 1.82) is 0 Å². The van der Waals surface area contributed by atoms with Crippen molar-refractivity contribution in [3.8, 4) is 23.3 Å². The molecule has 0 radical (unpaired) electrons. The number of carbonyl (C=O) groups is 2. The third-order valence-corrected chi connectivity index (χ3v) is 10.9. The van der Waals surface area contributed by atoms with E-state index in [0.717, 1.165) is 86.5 Å². The summed E-state index contributed by atoms with van der Waals surface area (Å²) in [6.45, 7) is 4.46. The van der Waals surface area contributed by atoms with E-state index >= 15 is 0 Å². The van der Waals surface area contributed by atoms with Gasteiger partial charge in [0, 0.05) is 24.5 Å². The zero-order valence-corrected chi connectivity index (χ0v) is 29.6. The minimum absolute atomic E-state index is 0.0305. The largest absolute Gasteiger partial charge is 0.504 e. The Morgan fingerprint density at radius 2 is 1.73 bits per heavy atom. The van der Waals surface area contributed by atoms with Crippen LogP contribution in [0.4, 0.5) is 5.82 Å². The van der Waals surface area contributed by atoms with Gasteiger partial charge in [-0.25, -0.2) is 4.98 Å². The van der Waals surface area contributed by atoms with Crippen molar-refractivity contribution in [2.75, 3.05) is 12.8 Å². The van der Waals surface area contributed by atoms with Crippen LogP contribution in [0.25, 0.3) is 0 Å². The summed E-state index contributed by atoms with van der Waals surface area (Å²) in [6.07, 6.45) is 12.7. The molecule has 260 valence electrons. The number of aromatic nitrogens is 1. The quantitative estimate of drug-likeness (QED) is 0.121. The molecule has 0 spiro atoms. The number of rotatable bonds is 11. The van der Waals surface area contributed by atoms with Crippen LogP contribution < -0.4 is 10.5 Å². The van der Waals surface area contributed by atoms with E-state index in [0.29, 0.717) is 29.8 Å². The molecule has 0 aliphatic heterocycles. The maximum atomic E-state index is 14.6. The first-order valence-electron chi connectivity index (χ1n) is 18.5. The number of phenolic OH excluding ortho intramolecular Hbond substituents is 1. The molecule has 2 aliphatic rings. The molecule has 6 heteroatoms. The smallest absolute Gasteiger partial charge is 0.160 e. The van der Waals surface area contributed by atoms with Gasteiger partial charge in [-0.3, -0.25) is 9.59 Å². The lowest BCUT2D eigenvalue weighted by molar-refractivity contribution is -0.131. The number of nitrogens with two attached hydrogens (primary N) is 1. The summed E-state index contributed by atoms with van der Waals surface area (Å²) in [5.41, 5.74) is 10.1. The van der Waals surface area contributed by atoms with Gasteiger partial charge in [0.25, 0.3) is 0 Å². The summed E-state index contributed by atoms with van der Waals surface area (Å²) in [4.78, 5) is 32.5. The number of anilines is 1. The number of Topliss-reactive ketones (excluding diaryl/α,β-unsaturated/α-hetero) is 2. The van der Waals surface area contributed by atoms with Crippen LogP contribution in [0.2, 0.25) is 0 Å². The molecule has 3 aromatic rings. The summed E-state index contributed by atoms with van der Waals surface area (Å²) >= 11 is 0. The van der Waals surface area contributed by atoms with Crippen LogP contribution in [-0.4, -0.2) is 28.8 Å². The Balaban J connectivity index is 1.68. The van der Waals surface area contributed by atoms with Crippen molar-refractivity contribution in [1.82, 2.24) is 4.98 Å². The highest BCUT2D eigenvalue weighted by atomic mass is 16.5. The lowest BCUT2D eigenvalue weighted by Gasteiger charge is -2.34. The lowest BCUT2D eigenvalue weighted by Crippen LogP contribution is -2.34. The standard InChI is InChI=1S/C43H54N2O4/c1-4-6-9-15-37-32(12-7-5-2)23-30(22-29-20-21-45-42(44)25-29)24-34-17-19-36(31-13-10-8-11-14-31)38-28-39(47)41(49-3)26-33(38)16-18-35(46)27-40(48)43(34)37/h8,10-11,13-14,20-21,25-26,28,30,32,34,36-37,43,47H,4-7,9,12,15-16,18,22-24,27H2,1-3H3,(H2,44,45)/t30-,32+,34-,36+,37-,43-/m1/s1. The number of pyridine rings is 1. The minimum atomic E-state index is -0.339. The molecular formula is C43H54N2O4. The van der Waals surface area contributed by atoms with Gasteiger partial charge in [0.1, 0.15) is 17.4 Å². The first-order valence-corrected chi connectivity index (χ1v) is 18.5. The van der Waals surface area contributed by atoms with E-state index in [4.69, 9.17) is 10.5 Å². The van der Waals surface area contributed by atoms with Gasteiger partial charge < -0.3 is 15.6 Å². The summed E-state index contributed by atoms with van der Waals surface area (Å²) in [5, 5.41) is 11.0. The topological polar surface area (TPSA) is 103 Å². The minimum Gasteiger partial charge on any atom is -0.504 e. The van der Waals surface area contributed by atoms with E-state index in [-0.39, 0.29) is 53.8 Å². The number of benzene rings is 2. The molecule has 6 atom stereocenters. The second-order valence-corrected chi connectivity index (χ2v) is 14.4. The maximum absolute atomic E-state index is 14.6. The van der Waals surface area contributed by atoms with Gasteiger partial charge in [0.15, 0.2) is 11.5 Å². The Hall–Kier alpha value is -4.11. The number of aromatic hydroxyl groups is 1.